The zero-order valence-electron chi connectivity index (χ0n) is 8.46. The molecule has 15 heavy (non-hydrogen) atoms. The molecule has 3 aliphatic heterocycles. The number of rotatable bonds is 2. The first-order valence-corrected chi connectivity index (χ1v) is 6.93. The minimum Gasteiger partial charge on any atom is -0.380 e. The van der Waals surface area contributed by atoms with Crippen LogP contribution in [-0.4, -0.2) is 50.1 Å². The summed E-state index contributed by atoms with van der Waals surface area (Å²) in [6, 6.07) is 0.115. The molecule has 0 amide bonds. The van der Waals surface area contributed by atoms with E-state index in [9.17, 15) is 8.42 Å². The van der Waals surface area contributed by atoms with Gasteiger partial charge >= 0.3 is 0 Å². The summed E-state index contributed by atoms with van der Waals surface area (Å²) in [6.45, 7) is 1.60. The average Bonchev–Trinajstić information content (AvgIpc) is 2.71. The predicted octanol–water partition coefficient (Wildman–Crippen LogP) is -0.0742. The third-order valence-electron chi connectivity index (χ3n) is 3.35. The molecule has 0 aromatic heterocycles. The van der Waals surface area contributed by atoms with Crippen molar-refractivity contribution in [3.05, 3.63) is 0 Å². The van der Waals surface area contributed by atoms with Gasteiger partial charge in [0.2, 0.25) is 10.0 Å². The van der Waals surface area contributed by atoms with Crippen molar-refractivity contribution in [3.63, 3.8) is 0 Å². The number of sulfonamides is 1. The molecule has 0 aromatic carbocycles. The van der Waals surface area contributed by atoms with Gasteiger partial charge in [-0.05, 0) is 19.3 Å². The molecular formula is C9H15NO4S. The molecule has 0 bridgehead atoms. The Bertz CT molecular complexity index is 337. The van der Waals surface area contributed by atoms with Crippen molar-refractivity contribution in [3.8, 4) is 0 Å². The van der Waals surface area contributed by atoms with Crippen LogP contribution in [0.5, 0.6) is 0 Å². The van der Waals surface area contributed by atoms with E-state index in [1.165, 1.54) is 0 Å². The highest BCUT2D eigenvalue weighted by atomic mass is 32.2. The van der Waals surface area contributed by atoms with Gasteiger partial charge in [0.25, 0.3) is 0 Å². The highest BCUT2D eigenvalue weighted by Gasteiger charge is 2.59. The van der Waals surface area contributed by atoms with Gasteiger partial charge in [0.05, 0.1) is 12.6 Å². The van der Waals surface area contributed by atoms with Gasteiger partial charge in [0.15, 0.2) is 0 Å². The molecule has 3 heterocycles. The highest BCUT2D eigenvalue weighted by Crippen LogP contribution is 2.41. The Kier molecular flexibility index (Phi) is 2.28. The van der Waals surface area contributed by atoms with Gasteiger partial charge in [-0.15, -0.1) is 0 Å². The molecule has 3 saturated heterocycles. The lowest BCUT2D eigenvalue weighted by molar-refractivity contribution is 0.0785. The molecule has 0 radical (unpaired) electrons. The molecule has 3 rings (SSSR count). The largest absolute Gasteiger partial charge is 0.380 e. The number of hydrogen-bond acceptors (Lipinski definition) is 4. The van der Waals surface area contributed by atoms with Gasteiger partial charge in [-0.25, -0.2) is 8.42 Å². The van der Waals surface area contributed by atoms with Crippen LogP contribution in [-0.2, 0) is 19.5 Å². The molecule has 86 valence electrons. The summed E-state index contributed by atoms with van der Waals surface area (Å²) >= 11 is 0. The maximum atomic E-state index is 12.1. The third-order valence-corrected chi connectivity index (χ3v) is 5.63. The Labute approximate surface area is 89.4 Å². The van der Waals surface area contributed by atoms with Crippen LogP contribution in [0.25, 0.3) is 0 Å². The maximum absolute atomic E-state index is 12.1. The smallest absolute Gasteiger partial charge is 0.221 e. The van der Waals surface area contributed by atoms with E-state index in [1.807, 2.05) is 0 Å². The predicted molar refractivity (Wildman–Crippen MR) is 52.7 cm³/mol. The Morgan fingerprint density at radius 3 is 2.67 bits per heavy atom. The van der Waals surface area contributed by atoms with Crippen LogP contribution in [0.3, 0.4) is 0 Å². The van der Waals surface area contributed by atoms with Crippen molar-refractivity contribution in [2.45, 2.75) is 36.8 Å². The summed E-state index contributed by atoms with van der Waals surface area (Å²) in [7, 11) is -3.16. The first kappa shape index (κ1) is 10.0. The summed E-state index contributed by atoms with van der Waals surface area (Å²) < 4.78 is 36.3. The molecule has 0 saturated carbocycles. The molecule has 5 nitrogen and oxygen atoms in total. The van der Waals surface area contributed by atoms with E-state index in [2.05, 4.69) is 0 Å². The molecule has 0 aromatic rings. The zero-order chi connectivity index (χ0) is 10.5. The average molecular weight is 233 g/mol. The lowest BCUT2D eigenvalue weighted by Gasteiger charge is -2.10. The van der Waals surface area contributed by atoms with E-state index in [0.29, 0.717) is 26.2 Å². The molecular weight excluding hydrogens is 218 g/mol. The minimum absolute atomic E-state index is 0.115. The van der Waals surface area contributed by atoms with Crippen LogP contribution >= 0.6 is 0 Å². The fraction of sp³-hybridized carbons (Fsp3) is 1.00. The molecule has 4 atom stereocenters. The lowest BCUT2D eigenvalue weighted by Crippen LogP contribution is -2.29. The molecule has 0 spiro atoms. The summed E-state index contributed by atoms with van der Waals surface area (Å²) in [5.74, 6) is 0. The van der Waals surface area contributed by atoms with Crippen LogP contribution < -0.4 is 0 Å². The Hall–Kier alpha value is -0.170. The van der Waals surface area contributed by atoms with Crippen molar-refractivity contribution in [1.29, 1.82) is 0 Å². The van der Waals surface area contributed by atoms with Crippen LogP contribution in [0, 0.1) is 0 Å². The molecule has 3 aliphatic rings. The fourth-order valence-electron chi connectivity index (χ4n) is 2.44. The topological polar surface area (TPSA) is 55.6 Å². The van der Waals surface area contributed by atoms with Crippen molar-refractivity contribution in [1.82, 2.24) is 4.31 Å². The standard InChI is InChI=1S/C9H15NO4S/c11-15(12,7-3-5-13-6-7)10-8-2-1-4-14-9(8)10/h7-9H,1-6H2/t7-,8+,9+,10?/m1/s1. The van der Waals surface area contributed by atoms with Crippen molar-refractivity contribution < 1.29 is 17.9 Å². The summed E-state index contributed by atoms with van der Waals surface area (Å²) in [4.78, 5) is 0. The number of hydrogen-bond donors (Lipinski definition) is 0. The second kappa shape index (κ2) is 3.41. The molecule has 3 fully saturated rings. The second-order valence-corrected chi connectivity index (χ2v) is 6.45. The maximum Gasteiger partial charge on any atom is 0.221 e. The highest BCUT2D eigenvalue weighted by molar-refractivity contribution is 7.90. The van der Waals surface area contributed by atoms with E-state index in [4.69, 9.17) is 9.47 Å². The van der Waals surface area contributed by atoms with Gasteiger partial charge < -0.3 is 9.47 Å². The van der Waals surface area contributed by atoms with Gasteiger partial charge in [-0.3, -0.25) is 0 Å². The van der Waals surface area contributed by atoms with E-state index < -0.39 is 10.0 Å². The monoisotopic (exact) mass is 233 g/mol. The van der Waals surface area contributed by atoms with Crippen LogP contribution in [0.15, 0.2) is 0 Å². The summed E-state index contributed by atoms with van der Waals surface area (Å²) in [6.07, 6.45) is 2.37. The minimum atomic E-state index is -3.16. The molecule has 0 aliphatic carbocycles. The summed E-state index contributed by atoms with van der Waals surface area (Å²) in [5, 5.41) is -0.341. The van der Waals surface area contributed by atoms with Crippen molar-refractivity contribution in [2.24, 2.45) is 0 Å². The van der Waals surface area contributed by atoms with Gasteiger partial charge in [-0.2, -0.15) is 4.31 Å². The number of nitrogens with zero attached hydrogens (tertiary/aromatic N) is 1. The quantitative estimate of drug-likeness (QED) is 0.626. The Morgan fingerprint density at radius 1 is 1.20 bits per heavy atom. The number of ether oxygens (including phenoxy) is 2. The Morgan fingerprint density at radius 2 is 2.07 bits per heavy atom. The van der Waals surface area contributed by atoms with Gasteiger partial charge in [-0.1, -0.05) is 0 Å². The van der Waals surface area contributed by atoms with Crippen LogP contribution in [0.1, 0.15) is 19.3 Å². The summed E-state index contributed by atoms with van der Waals surface area (Å²) in [5.41, 5.74) is 0. The fourth-order valence-corrected chi connectivity index (χ4v) is 4.47. The first-order chi connectivity index (χ1) is 7.21. The van der Waals surface area contributed by atoms with E-state index in [0.717, 1.165) is 12.8 Å². The first-order valence-electron chi connectivity index (χ1n) is 5.43. The van der Waals surface area contributed by atoms with Crippen LogP contribution in [0.4, 0.5) is 0 Å². The van der Waals surface area contributed by atoms with Crippen LogP contribution in [0.2, 0.25) is 0 Å². The van der Waals surface area contributed by atoms with E-state index in [-0.39, 0.29) is 17.5 Å². The Balaban J connectivity index is 1.76. The lowest BCUT2D eigenvalue weighted by atomic mass is 10.2. The third kappa shape index (κ3) is 1.51. The molecule has 1 unspecified atom stereocenters. The number of fused-ring (bicyclic) bond motifs is 1. The van der Waals surface area contributed by atoms with Gasteiger partial charge in [0, 0.05) is 13.2 Å². The van der Waals surface area contributed by atoms with Gasteiger partial charge in [0.1, 0.15) is 11.5 Å². The second-order valence-electron chi connectivity index (χ2n) is 4.33. The molecule has 6 heteroatoms. The van der Waals surface area contributed by atoms with Crippen molar-refractivity contribution >= 4 is 10.0 Å². The molecule has 0 N–H and O–H groups in total. The van der Waals surface area contributed by atoms with E-state index >= 15 is 0 Å². The van der Waals surface area contributed by atoms with E-state index in [1.54, 1.807) is 4.31 Å². The SMILES string of the molecule is O=S(=O)([C@@H]1CCOC1)N1[C@H]2CCCO[C@@H]21. The van der Waals surface area contributed by atoms with Crippen molar-refractivity contribution in [2.75, 3.05) is 19.8 Å². The normalized spacial score (nSPS) is 45.1. The zero-order valence-corrected chi connectivity index (χ0v) is 9.28.